The van der Waals surface area contributed by atoms with Crippen LogP contribution in [0.2, 0.25) is 0 Å². The Morgan fingerprint density at radius 1 is 1.00 bits per heavy atom. The van der Waals surface area contributed by atoms with E-state index in [0.29, 0.717) is 10.8 Å². The van der Waals surface area contributed by atoms with E-state index in [1.807, 2.05) is 42.5 Å². The predicted molar refractivity (Wildman–Crippen MR) is 112 cm³/mol. The fraction of sp³-hybridized carbons (Fsp3) is 0.0476. The highest BCUT2D eigenvalue weighted by Crippen LogP contribution is 2.27. The second kappa shape index (κ2) is 7.73. The molecule has 0 unspecified atom stereocenters. The summed E-state index contributed by atoms with van der Waals surface area (Å²) >= 11 is 1.21. The molecule has 1 heterocycles. The fourth-order valence-electron chi connectivity index (χ4n) is 2.87. The van der Waals surface area contributed by atoms with Crippen molar-refractivity contribution in [2.24, 2.45) is 0 Å². The molecule has 29 heavy (non-hydrogen) atoms. The Morgan fingerprint density at radius 3 is 2.48 bits per heavy atom. The number of amides is 1. The van der Waals surface area contributed by atoms with E-state index in [1.54, 1.807) is 5.38 Å². The van der Waals surface area contributed by atoms with Crippen molar-refractivity contribution in [3.05, 3.63) is 77.9 Å². The van der Waals surface area contributed by atoms with Crippen molar-refractivity contribution in [3.8, 4) is 11.3 Å². The molecule has 0 bridgehead atoms. The zero-order valence-corrected chi connectivity index (χ0v) is 16.6. The maximum Gasteiger partial charge on any atom is 0.241 e. The number of aromatic nitrogens is 1. The van der Waals surface area contributed by atoms with Crippen LogP contribution in [0.3, 0.4) is 0 Å². The lowest BCUT2D eigenvalue weighted by molar-refractivity contribution is -0.113. The van der Waals surface area contributed by atoms with Gasteiger partial charge in [0.2, 0.25) is 5.91 Å². The van der Waals surface area contributed by atoms with Crippen LogP contribution in [0.1, 0.15) is 0 Å². The monoisotopic (exact) mass is 426 g/mol. The van der Waals surface area contributed by atoms with E-state index in [4.69, 9.17) is 0 Å². The Morgan fingerprint density at radius 2 is 1.72 bits per heavy atom. The first-order valence-corrected chi connectivity index (χ1v) is 11.2. The lowest BCUT2D eigenvalue weighted by atomic mass is 10.1. The Balaban J connectivity index is 1.48. The third-order valence-electron chi connectivity index (χ3n) is 4.29. The van der Waals surface area contributed by atoms with Crippen LogP contribution in [0.5, 0.6) is 0 Å². The number of hydrogen-bond donors (Lipinski definition) is 1. The number of carbonyl (C=O) groups excluding carboxylic acids is 1. The van der Waals surface area contributed by atoms with E-state index >= 15 is 0 Å². The molecule has 0 saturated carbocycles. The molecular formula is C21H15FN2O3S2. The summed E-state index contributed by atoms with van der Waals surface area (Å²) in [5.41, 5.74) is 1.59. The number of benzene rings is 3. The minimum absolute atomic E-state index is 0.106. The van der Waals surface area contributed by atoms with Gasteiger partial charge in [-0.05, 0) is 41.1 Å². The van der Waals surface area contributed by atoms with E-state index in [1.165, 1.54) is 11.3 Å². The summed E-state index contributed by atoms with van der Waals surface area (Å²) in [6, 6.07) is 18.3. The van der Waals surface area contributed by atoms with Gasteiger partial charge in [0.1, 0.15) is 11.6 Å². The van der Waals surface area contributed by atoms with Crippen molar-refractivity contribution in [1.29, 1.82) is 0 Å². The highest BCUT2D eigenvalue weighted by molar-refractivity contribution is 7.92. The molecule has 0 aliphatic carbocycles. The lowest BCUT2D eigenvalue weighted by Crippen LogP contribution is -2.23. The SMILES string of the molecule is O=C(CS(=O)(=O)c1ccc(F)cc1)Nc1nc(-c2ccc3ccccc3c2)cs1. The fourth-order valence-corrected chi connectivity index (χ4v) is 4.74. The molecule has 1 N–H and O–H groups in total. The first-order chi connectivity index (χ1) is 13.9. The van der Waals surface area contributed by atoms with Gasteiger partial charge in [0, 0.05) is 10.9 Å². The van der Waals surface area contributed by atoms with E-state index in [2.05, 4.69) is 10.3 Å². The number of nitrogens with zero attached hydrogens (tertiary/aromatic N) is 1. The summed E-state index contributed by atoms with van der Waals surface area (Å²) in [4.78, 5) is 16.5. The summed E-state index contributed by atoms with van der Waals surface area (Å²) in [5.74, 6) is -1.99. The normalized spacial score (nSPS) is 11.5. The average Bonchev–Trinajstić information content (AvgIpc) is 3.15. The third-order valence-corrected chi connectivity index (χ3v) is 6.68. The largest absolute Gasteiger partial charge is 0.301 e. The summed E-state index contributed by atoms with van der Waals surface area (Å²) < 4.78 is 37.6. The minimum Gasteiger partial charge on any atom is -0.301 e. The molecule has 3 aromatic carbocycles. The van der Waals surface area contributed by atoms with Crippen LogP contribution in [-0.2, 0) is 14.6 Å². The van der Waals surface area contributed by atoms with Gasteiger partial charge in [-0.25, -0.2) is 17.8 Å². The second-order valence-corrected chi connectivity index (χ2v) is 9.21. The highest BCUT2D eigenvalue weighted by atomic mass is 32.2. The number of fused-ring (bicyclic) bond motifs is 1. The van der Waals surface area contributed by atoms with Crippen molar-refractivity contribution in [3.63, 3.8) is 0 Å². The zero-order valence-electron chi connectivity index (χ0n) is 15.0. The summed E-state index contributed by atoms with van der Waals surface area (Å²) in [7, 11) is -3.87. The van der Waals surface area contributed by atoms with Gasteiger partial charge < -0.3 is 5.32 Å². The van der Waals surface area contributed by atoms with Crippen molar-refractivity contribution in [2.45, 2.75) is 4.90 Å². The van der Waals surface area contributed by atoms with Crippen molar-refractivity contribution < 1.29 is 17.6 Å². The van der Waals surface area contributed by atoms with Crippen LogP contribution >= 0.6 is 11.3 Å². The molecular weight excluding hydrogens is 411 g/mol. The van der Waals surface area contributed by atoms with Gasteiger partial charge in [-0.1, -0.05) is 36.4 Å². The molecule has 0 atom stereocenters. The van der Waals surface area contributed by atoms with Crippen molar-refractivity contribution >= 4 is 43.0 Å². The first-order valence-electron chi connectivity index (χ1n) is 8.64. The van der Waals surface area contributed by atoms with Gasteiger partial charge in [0.25, 0.3) is 0 Å². The Labute approximate surface area is 170 Å². The van der Waals surface area contributed by atoms with Crippen molar-refractivity contribution in [2.75, 3.05) is 11.1 Å². The Kier molecular flexibility index (Phi) is 5.12. The molecule has 146 valence electrons. The van der Waals surface area contributed by atoms with Gasteiger partial charge in [-0.2, -0.15) is 0 Å². The number of thiazole rings is 1. The van der Waals surface area contributed by atoms with E-state index in [0.717, 1.165) is 40.6 Å². The summed E-state index contributed by atoms with van der Waals surface area (Å²) in [6.45, 7) is 0. The smallest absolute Gasteiger partial charge is 0.241 e. The molecule has 5 nitrogen and oxygen atoms in total. The number of carbonyl (C=O) groups is 1. The van der Waals surface area contributed by atoms with Crippen LogP contribution < -0.4 is 5.32 Å². The number of sulfone groups is 1. The maximum atomic E-state index is 13.0. The quantitative estimate of drug-likeness (QED) is 0.476. The molecule has 0 fully saturated rings. The van der Waals surface area contributed by atoms with Crippen LogP contribution in [0.15, 0.2) is 77.0 Å². The molecule has 0 aliphatic heterocycles. The van der Waals surface area contributed by atoms with Gasteiger partial charge in [0.15, 0.2) is 15.0 Å². The van der Waals surface area contributed by atoms with Gasteiger partial charge in [0.05, 0.1) is 10.6 Å². The molecule has 0 saturated heterocycles. The van der Waals surface area contributed by atoms with Gasteiger partial charge in [-0.3, -0.25) is 4.79 Å². The number of hydrogen-bond acceptors (Lipinski definition) is 5. The third kappa shape index (κ3) is 4.33. The molecule has 0 aliphatic rings. The molecule has 8 heteroatoms. The maximum absolute atomic E-state index is 13.0. The molecule has 1 amide bonds. The van der Waals surface area contributed by atoms with E-state index in [9.17, 15) is 17.6 Å². The lowest BCUT2D eigenvalue weighted by Gasteiger charge is -2.04. The molecule has 0 spiro atoms. The van der Waals surface area contributed by atoms with E-state index in [-0.39, 0.29) is 4.90 Å². The van der Waals surface area contributed by atoms with Crippen LogP contribution in [0, 0.1) is 5.82 Å². The Bertz CT molecular complexity index is 1300. The predicted octanol–water partition coefficient (Wildman–Crippen LogP) is 4.51. The molecule has 1 aromatic heterocycles. The van der Waals surface area contributed by atoms with E-state index < -0.39 is 27.3 Å². The Hall–Kier alpha value is -3.10. The van der Waals surface area contributed by atoms with Gasteiger partial charge in [-0.15, -0.1) is 11.3 Å². The average molecular weight is 426 g/mol. The van der Waals surface area contributed by atoms with Crippen molar-refractivity contribution in [1.82, 2.24) is 4.98 Å². The topological polar surface area (TPSA) is 76.1 Å². The summed E-state index contributed by atoms with van der Waals surface area (Å²) in [5, 5.41) is 6.83. The van der Waals surface area contributed by atoms with Crippen LogP contribution in [0.25, 0.3) is 22.0 Å². The molecule has 4 rings (SSSR count). The number of halogens is 1. The zero-order chi connectivity index (χ0) is 20.4. The summed E-state index contributed by atoms with van der Waals surface area (Å²) in [6.07, 6.45) is 0. The minimum atomic E-state index is -3.87. The highest BCUT2D eigenvalue weighted by Gasteiger charge is 2.20. The molecule has 4 aromatic rings. The number of rotatable bonds is 5. The molecule has 0 radical (unpaired) electrons. The second-order valence-electron chi connectivity index (χ2n) is 6.36. The standard InChI is InChI=1S/C21H15FN2O3S2/c22-17-7-9-18(10-8-17)29(26,27)13-20(25)24-21-23-19(12-28-21)16-6-5-14-3-1-2-4-15(14)11-16/h1-12H,13H2,(H,23,24,25). The number of anilines is 1. The first kappa shape index (κ1) is 19.2. The van der Waals surface area contributed by atoms with Gasteiger partial charge >= 0.3 is 0 Å². The van der Waals surface area contributed by atoms with Crippen LogP contribution in [0.4, 0.5) is 9.52 Å². The number of nitrogens with one attached hydrogen (secondary N) is 1. The van der Waals surface area contributed by atoms with Crippen LogP contribution in [-0.4, -0.2) is 25.1 Å².